The summed E-state index contributed by atoms with van der Waals surface area (Å²) in [4.78, 5) is 28.4. The smallest absolute Gasteiger partial charge is 0.348 e. The van der Waals surface area contributed by atoms with Crippen molar-refractivity contribution in [2.45, 2.75) is 71.1 Å². The molecule has 0 radical (unpaired) electrons. The average Bonchev–Trinajstić information content (AvgIpc) is 3.58. The molecule has 2 heterocycles. The van der Waals surface area contributed by atoms with Gasteiger partial charge in [0.05, 0.1) is 33.0 Å². The largest absolute Gasteiger partial charge is 0.497 e. The van der Waals surface area contributed by atoms with Crippen molar-refractivity contribution in [2.75, 3.05) is 19.1 Å². The first-order valence-electron chi connectivity index (χ1n) is 14.4. The van der Waals surface area contributed by atoms with Crippen LogP contribution in [0.3, 0.4) is 0 Å². The summed E-state index contributed by atoms with van der Waals surface area (Å²) in [6.07, 6.45) is 9.83. The van der Waals surface area contributed by atoms with Crippen molar-refractivity contribution in [1.29, 1.82) is 0 Å². The van der Waals surface area contributed by atoms with Crippen LogP contribution in [0.1, 0.15) is 77.7 Å². The highest BCUT2D eigenvalue weighted by atomic mass is 32.1. The molecule has 1 aliphatic heterocycles. The molecule has 1 amide bonds. The Morgan fingerprint density at radius 3 is 2.49 bits per heavy atom. The van der Waals surface area contributed by atoms with Gasteiger partial charge in [0.15, 0.2) is 0 Å². The van der Waals surface area contributed by atoms with Gasteiger partial charge in [-0.3, -0.25) is 4.79 Å². The molecule has 0 spiro atoms. The number of methoxy groups -OCH3 is 2. The second kappa shape index (κ2) is 15.0. The topological polar surface area (TPSA) is 65.1 Å². The molecule has 1 saturated heterocycles. The lowest BCUT2D eigenvalue weighted by Gasteiger charge is -2.26. The molecule has 1 aliphatic rings. The molecule has 6 nitrogen and oxygen atoms in total. The fourth-order valence-electron chi connectivity index (χ4n) is 5.22. The second-order valence-corrected chi connectivity index (χ2v) is 11.7. The molecule has 0 bridgehead atoms. The summed E-state index contributed by atoms with van der Waals surface area (Å²) in [5.74, 6) is 0.872. The molecule has 7 heteroatoms. The maximum Gasteiger partial charge on any atom is 0.348 e. The first kappa shape index (κ1) is 30.5. The van der Waals surface area contributed by atoms with Crippen LogP contribution >= 0.6 is 11.3 Å². The zero-order valence-corrected chi connectivity index (χ0v) is 25.3. The molecular formula is C34H41NO5S. The molecule has 4 rings (SSSR count). The molecule has 0 aliphatic carbocycles. The van der Waals surface area contributed by atoms with E-state index in [0.29, 0.717) is 24.3 Å². The van der Waals surface area contributed by atoms with Gasteiger partial charge in [-0.05, 0) is 66.3 Å². The summed E-state index contributed by atoms with van der Waals surface area (Å²) >= 11 is 1.44. The van der Waals surface area contributed by atoms with E-state index in [-0.39, 0.29) is 29.9 Å². The van der Waals surface area contributed by atoms with Crippen molar-refractivity contribution >= 4 is 28.9 Å². The number of thiophene rings is 1. The minimum absolute atomic E-state index is 0.0118. The minimum atomic E-state index is -0.311. The quantitative estimate of drug-likeness (QED) is 0.111. The van der Waals surface area contributed by atoms with Crippen molar-refractivity contribution in [3.8, 4) is 5.75 Å². The molecule has 1 aromatic heterocycles. The van der Waals surface area contributed by atoms with Crippen LogP contribution < -0.4 is 9.64 Å². The number of hydrogen-bond donors (Lipinski definition) is 0. The van der Waals surface area contributed by atoms with Gasteiger partial charge in [0.1, 0.15) is 10.6 Å². The third-order valence-corrected chi connectivity index (χ3v) is 8.66. The summed E-state index contributed by atoms with van der Waals surface area (Å²) in [6, 6.07) is 20.0. The Hall–Kier alpha value is -3.42. The molecule has 218 valence electrons. The third kappa shape index (κ3) is 8.08. The number of allylic oxidation sites excluding steroid dienone is 1. The summed E-state index contributed by atoms with van der Waals surface area (Å²) in [5.41, 5.74) is 3.15. The number of benzene rings is 2. The molecule has 3 atom stereocenters. The SMILES string of the molecule is CCCCCC(OCc1ccc(OC)cc1)c1ccc(N2C(=O)C[C@@H](C)[C@@H]2C=CCc2ccc(C(=O)OC)s2)cc1. The Morgan fingerprint density at radius 1 is 1.05 bits per heavy atom. The molecule has 2 aromatic carbocycles. The number of nitrogens with zero attached hydrogens (tertiary/aromatic N) is 1. The number of carbonyl (C=O) groups is 2. The van der Waals surface area contributed by atoms with Gasteiger partial charge in [-0.15, -0.1) is 11.3 Å². The molecule has 3 aromatic rings. The first-order valence-corrected chi connectivity index (χ1v) is 15.2. The van der Waals surface area contributed by atoms with Gasteiger partial charge < -0.3 is 19.1 Å². The van der Waals surface area contributed by atoms with E-state index in [1.165, 1.54) is 24.9 Å². The van der Waals surface area contributed by atoms with Crippen LogP contribution in [0.4, 0.5) is 5.69 Å². The molecule has 0 saturated carbocycles. The monoisotopic (exact) mass is 575 g/mol. The number of ether oxygens (including phenoxy) is 3. The molecule has 0 N–H and O–H groups in total. The Kier molecular flexibility index (Phi) is 11.2. The number of amides is 1. The number of rotatable bonds is 14. The number of hydrogen-bond acceptors (Lipinski definition) is 6. The van der Waals surface area contributed by atoms with E-state index in [2.05, 4.69) is 50.3 Å². The Bertz CT molecular complexity index is 1300. The van der Waals surface area contributed by atoms with Gasteiger partial charge in [-0.25, -0.2) is 4.79 Å². The number of anilines is 1. The van der Waals surface area contributed by atoms with E-state index >= 15 is 0 Å². The highest BCUT2D eigenvalue weighted by Crippen LogP contribution is 2.34. The minimum Gasteiger partial charge on any atom is -0.497 e. The maximum absolute atomic E-state index is 13.0. The standard InChI is InChI=1S/C34H41NO5S/c1-5-6-7-11-31(40-23-25-12-18-28(38-3)19-13-25)26-14-16-27(17-15-26)35-30(24(2)22-33(35)36)10-8-9-29-20-21-32(41-29)34(37)39-4/h8,10,12-21,24,30-31H,5-7,9,11,22-23H2,1-4H3/t24-,30+,31?/m1/s1. The van der Waals surface area contributed by atoms with Gasteiger partial charge >= 0.3 is 5.97 Å². The lowest BCUT2D eigenvalue weighted by molar-refractivity contribution is -0.117. The van der Waals surface area contributed by atoms with Gasteiger partial charge in [-0.1, -0.05) is 69.5 Å². The van der Waals surface area contributed by atoms with E-state index in [4.69, 9.17) is 14.2 Å². The zero-order chi connectivity index (χ0) is 29.2. The summed E-state index contributed by atoms with van der Waals surface area (Å²) in [7, 11) is 3.06. The lowest BCUT2D eigenvalue weighted by atomic mass is 10.0. The van der Waals surface area contributed by atoms with E-state index < -0.39 is 0 Å². The van der Waals surface area contributed by atoms with E-state index in [9.17, 15) is 9.59 Å². The first-order chi connectivity index (χ1) is 19.9. The summed E-state index contributed by atoms with van der Waals surface area (Å²) in [5, 5.41) is 0. The fourth-order valence-corrected chi connectivity index (χ4v) is 6.12. The highest BCUT2D eigenvalue weighted by Gasteiger charge is 2.36. The van der Waals surface area contributed by atoms with Crippen LogP contribution in [0.2, 0.25) is 0 Å². The van der Waals surface area contributed by atoms with Crippen LogP contribution in [-0.2, 0) is 27.3 Å². The summed E-state index contributed by atoms with van der Waals surface area (Å²) in [6.45, 7) is 4.86. The number of carbonyl (C=O) groups excluding carboxylic acids is 2. The number of unbranched alkanes of at least 4 members (excludes halogenated alkanes) is 2. The van der Waals surface area contributed by atoms with Crippen molar-refractivity contribution in [1.82, 2.24) is 0 Å². The average molecular weight is 576 g/mol. The van der Waals surface area contributed by atoms with Crippen molar-refractivity contribution in [3.63, 3.8) is 0 Å². The summed E-state index contributed by atoms with van der Waals surface area (Å²) < 4.78 is 16.5. The van der Waals surface area contributed by atoms with Gasteiger partial charge in [0.25, 0.3) is 0 Å². The zero-order valence-electron chi connectivity index (χ0n) is 24.5. The second-order valence-electron chi connectivity index (χ2n) is 10.6. The lowest BCUT2D eigenvalue weighted by Crippen LogP contribution is -2.33. The predicted octanol–water partition coefficient (Wildman–Crippen LogP) is 7.92. The van der Waals surface area contributed by atoms with Crippen LogP contribution in [0.15, 0.2) is 72.8 Å². The van der Waals surface area contributed by atoms with Crippen LogP contribution in [0, 0.1) is 5.92 Å². The van der Waals surface area contributed by atoms with E-state index in [1.54, 1.807) is 13.2 Å². The number of esters is 1. The Labute approximate surface area is 247 Å². The van der Waals surface area contributed by atoms with E-state index in [0.717, 1.165) is 46.7 Å². The third-order valence-electron chi connectivity index (χ3n) is 7.57. The van der Waals surface area contributed by atoms with Crippen molar-refractivity contribution < 1.29 is 23.8 Å². The highest BCUT2D eigenvalue weighted by molar-refractivity contribution is 7.13. The van der Waals surface area contributed by atoms with Gasteiger partial charge in [-0.2, -0.15) is 0 Å². The fraction of sp³-hybridized carbons (Fsp3) is 0.412. The molecule has 41 heavy (non-hydrogen) atoms. The normalized spacial score (nSPS) is 17.8. The maximum atomic E-state index is 13.0. The molecular weight excluding hydrogens is 534 g/mol. The molecule has 1 unspecified atom stereocenters. The predicted molar refractivity (Wildman–Crippen MR) is 165 cm³/mol. The van der Waals surface area contributed by atoms with Crippen LogP contribution in [0.25, 0.3) is 0 Å². The van der Waals surface area contributed by atoms with Gasteiger partial charge in [0.2, 0.25) is 5.91 Å². The van der Waals surface area contributed by atoms with E-state index in [1.807, 2.05) is 35.2 Å². The Balaban J connectivity index is 1.44. The van der Waals surface area contributed by atoms with Crippen LogP contribution in [0.5, 0.6) is 5.75 Å². The van der Waals surface area contributed by atoms with Crippen LogP contribution in [-0.4, -0.2) is 32.1 Å². The van der Waals surface area contributed by atoms with Crippen molar-refractivity contribution in [3.05, 3.63) is 93.7 Å². The van der Waals surface area contributed by atoms with Crippen molar-refractivity contribution in [2.24, 2.45) is 5.92 Å². The molecule has 1 fully saturated rings. The Morgan fingerprint density at radius 2 is 1.80 bits per heavy atom. The van der Waals surface area contributed by atoms with Gasteiger partial charge in [0, 0.05) is 17.0 Å².